The Bertz CT molecular complexity index is 676. The van der Waals surface area contributed by atoms with Gasteiger partial charge >= 0.3 is 0 Å². The molecule has 0 unspecified atom stereocenters. The van der Waals surface area contributed by atoms with Crippen molar-refractivity contribution in [2.45, 2.75) is 32.2 Å². The Labute approximate surface area is 142 Å². The molecule has 1 saturated heterocycles. The van der Waals surface area contributed by atoms with Crippen molar-refractivity contribution < 1.29 is 9.18 Å². The Morgan fingerprint density at radius 2 is 1.62 bits per heavy atom. The number of anilines is 1. The minimum atomic E-state index is -0.273. The van der Waals surface area contributed by atoms with E-state index in [0.717, 1.165) is 18.7 Å². The summed E-state index contributed by atoms with van der Waals surface area (Å²) < 4.78 is 13.0. The summed E-state index contributed by atoms with van der Waals surface area (Å²) in [5.74, 6) is -0.386. The number of carbonyl (C=O) groups is 1. The van der Waals surface area contributed by atoms with Gasteiger partial charge in [0.25, 0.3) is 5.91 Å². The lowest BCUT2D eigenvalue weighted by Gasteiger charge is -2.28. The van der Waals surface area contributed by atoms with E-state index in [1.165, 1.54) is 37.1 Å². The van der Waals surface area contributed by atoms with Gasteiger partial charge in [-0.3, -0.25) is 4.79 Å². The zero-order chi connectivity index (χ0) is 16.9. The molecule has 24 heavy (non-hydrogen) atoms. The van der Waals surface area contributed by atoms with E-state index >= 15 is 0 Å². The van der Waals surface area contributed by atoms with Crippen LogP contribution in [0.3, 0.4) is 0 Å². The number of carbonyl (C=O) groups excluding carboxylic acids is 1. The second kappa shape index (κ2) is 7.47. The van der Waals surface area contributed by atoms with Crippen LogP contribution in [-0.4, -0.2) is 19.0 Å². The molecule has 0 spiro atoms. The Kier molecular flexibility index (Phi) is 5.14. The fourth-order valence-electron chi connectivity index (χ4n) is 3.09. The van der Waals surface area contributed by atoms with Crippen LogP contribution in [0.25, 0.3) is 0 Å². The summed E-state index contributed by atoms with van der Waals surface area (Å²) in [6.45, 7) is 4.08. The molecule has 1 aliphatic rings. The summed E-state index contributed by atoms with van der Waals surface area (Å²) in [6, 6.07) is 13.8. The van der Waals surface area contributed by atoms with Crippen molar-refractivity contribution >= 4 is 11.6 Å². The lowest BCUT2D eigenvalue weighted by molar-refractivity contribution is 0.0940. The highest BCUT2D eigenvalue weighted by molar-refractivity contribution is 5.94. The smallest absolute Gasteiger partial charge is 0.251 e. The number of hydrogen-bond acceptors (Lipinski definition) is 2. The number of piperidine rings is 1. The van der Waals surface area contributed by atoms with Crippen LogP contribution in [0.15, 0.2) is 48.5 Å². The molecule has 0 bridgehead atoms. The van der Waals surface area contributed by atoms with Crippen molar-refractivity contribution in [3.8, 4) is 0 Å². The number of nitrogens with zero attached hydrogens (tertiary/aromatic N) is 1. The fraction of sp³-hybridized carbons (Fsp3) is 0.350. The van der Waals surface area contributed by atoms with Crippen LogP contribution in [0.4, 0.5) is 10.1 Å². The molecule has 0 saturated carbocycles. The highest BCUT2D eigenvalue weighted by Crippen LogP contribution is 2.20. The topological polar surface area (TPSA) is 32.3 Å². The third kappa shape index (κ3) is 3.94. The van der Waals surface area contributed by atoms with Crippen molar-refractivity contribution in [1.82, 2.24) is 5.32 Å². The molecule has 1 N–H and O–H groups in total. The molecule has 2 aromatic rings. The molecule has 4 heteroatoms. The van der Waals surface area contributed by atoms with Gasteiger partial charge in [0.15, 0.2) is 0 Å². The highest BCUT2D eigenvalue weighted by atomic mass is 19.1. The normalized spacial score (nSPS) is 15.8. The van der Waals surface area contributed by atoms with E-state index in [9.17, 15) is 9.18 Å². The number of amides is 1. The van der Waals surface area contributed by atoms with Gasteiger partial charge in [-0.25, -0.2) is 4.39 Å². The van der Waals surface area contributed by atoms with Crippen molar-refractivity contribution in [3.05, 3.63) is 65.5 Å². The summed E-state index contributed by atoms with van der Waals surface area (Å²) in [6.07, 6.45) is 3.77. The van der Waals surface area contributed by atoms with Gasteiger partial charge in [-0.05, 0) is 68.1 Å². The molecular weight excluding hydrogens is 303 g/mol. The molecule has 1 amide bonds. The van der Waals surface area contributed by atoms with Gasteiger partial charge < -0.3 is 10.2 Å². The molecule has 126 valence electrons. The Morgan fingerprint density at radius 1 is 1.00 bits per heavy atom. The largest absolute Gasteiger partial charge is 0.372 e. The van der Waals surface area contributed by atoms with Gasteiger partial charge in [0, 0.05) is 24.3 Å². The summed E-state index contributed by atoms with van der Waals surface area (Å²) in [5.41, 5.74) is 2.71. The molecule has 0 aromatic heterocycles. The van der Waals surface area contributed by atoms with E-state index in [2.05, 4.69) is 10.2 Å². The molecule has 3 rings (SSSR count). The first-order valence-electron chi connectivity index (χ1n) is 8.55. The fourth-order valence-corrected chi connectivity index (χ4v) is 3.09. The minimum absolute atomic E-state index is 0.114. The SMILES string of the molecule is C[C@@H](NC(=O)c1ccc(N2CCCCC2)cc1)c1ccc(F)cc1. The maximum absolute atomic E-state index is 13.0. The van der Waals surface area contributed by atoms with Crippen LogP contribution in [0.1, 0.15) is 48.1 Å². The number of nitrogens with one attached hydrogen (secondary N) is 1. The van der Waals surface area contributed by atoms with Crippen LogP contribution in [0.2, 0.25) is 0 Å². The lowest BCUT2D eigenvalue weighted by atomic mass is 10.1. The van der Waals surface area contributed by atoms with E-state index < -0.39 is 0 Å². The van der Waals surface area contributed by atoms with Gasteiger partial charge in [0.1, 0.15) is 5.82 Å². The Morgan fingerprint density at radius 3 is 2.25 bits per heavy atom. The molecule has 3 nitrogen and oxygen atoms in total. The maximum atomic E-state index is 13.0. The first-order chi connectivity index (χ1) is 11.6. The molecule has 1 atom stereocenters. The molecule has 1 fully saturated rings. The number of halogens is 1. The second-order valence-corrected chi connectivity index (χ2v) is 6.34. The zero-order valence-corrected chi connectivity index (χ0v) is 14.0. The van der Waals surface area contributed by atoms with Crippen LogP contribution in [0, 0.1) is 5.82 Å². The van der Waals surface area contributed by atoms with Crippen molar-refractivity contribution in [2.24, 2.45) is 0 Å². The lowest BCUT2D eigenvalue weighted by Crippen LogP contribution is -2.29. The predicted octanol–water partition coefficient (Wildman–Crippen LogP) is 4.31. The van der Waals surface area contributed by atoms with Gasteiger partial charge in [-0.1, -0.05) is 12.1 Å². The Balaban J connectivity index is 1.63. The molecule has 0 aliphatic carbocycles. The van der Waals surface area contributed by atoms with Crippen molar-refractivity contribution in [2.75, 3.05) is 18.0 Å². The molecular formula is C20H23FN2O. The first kappa shape index (κ1) is 16.5. The molecule has 1 heterocycles. The highest BCUT2D eigenvalue weighted by Gasteiger charge is 2.14. The van der Waals surface area contributed by atoms with E-state index in [0.29, 0.717) is 5.56 Å². The summed E-state index contributed by atoms with van der Waals surface area (Å²) in [5, 5.41) is 2.96. The predicted molar refractivity (Wildman–Crippen MR) is 94.8 cm³/mol. The first-order valence-corrected chi connectivity index (χ1v) is 8.55. The monoisotopic (exact) mass is 326 g/mol. The van der Waals surface area contributed by atoms with Crippen molar-refractivity contribution in [1.29, 1.82) is 0 Å². The van der Waals surface area contributed by atoms with Gasteiger partial charge in [-0.15, -0.1) is 0 Å². The molecule has 0 radical (unpaired) electrons. The van der Waals surface area contributed by atoms with Crippen LogP contribution in [-0.2, 0) is 0 Å². The van der Waals surface area contributed by atoms with Gasteiger partial charge in [-0.2, -0.15) is 0 Å². The third-order valence-corrected chi connectivity index (χ3v) is 4.57. The standard InChI is InChI=1S/C20H23FN2O/c1-15(16-5-9-18(21)10-6-16)22-20(24)17-7-11-19(12-8-17)23-13-3-2-4-14-23/h5-12,15H,2-4,13-14H2,1H3,(H,22,24)/t15-/m1/s1. The zero-order valence-electron chi connectivity index (χ0n) is 14.0. The number of rotatable bonds is 4. The van der Waals surface area contributed by atoms with Crippen LogP contribution in [0.5, 0.6) is 0 Å². The van der Waals surface area contributed by atoms with E-state index in [-0.39, 0.29) is 17.8 Å². The summed E-state index contributed by atoms with van der Waals surface area (Å²) in [7, 11) is 0. The summed E-state index contributed by atoms with van der Waals surface area (Å²) >= 11 is 0. The van der Waals surface area contributed by atoms with E-state index in [1.807, 2.05) is 31.2 Å². The van der Waals surface area contributed by atoms with E-state index in [1.54, 1.807) is 12.1 Å². The van der Waals surface area contributed by atoms with Crippen molar-refractivity contribution in [3.63, 3.8) is 0 Å². The molecule has 2 aromatic carbocycles. The van der Waals surface area contributed by atoms with Crippen LogP contribution >= 0.6 is 0 Å². The average Bonchev–Trinajstić information content (AvgIpc) is 2.63. The Hall–Kier alpha value is -2.36. The minimum Gasteiger partial charge on any atom is -0.372 e. The van der Waals surface area contributed by atoms with Crippen LogP contribution < -0.4 is 10.2 Å². The maximum Gasteiger partial charge on any atom is 0.251 e. The van der Waals surface area contributed by atoms with Gasteiger partial charge in [0.05, 0.1) is 6.04 Å². The molecule has 1 aliphatic heterocycles. The second-order valence-electron chi connectivity index (χ2n) is 6.34. The number of benzene rings is 2. The third-order valence-electron chi connectivity index (χ3n) is 4.57. The summed E-state index contributed by atoms with van der Waals surface area (Å²) in [4.78, 5) is 14.8. The van der Waals surface area contributed by atoms with E-state index in [4.69, 9.17) is 0 Å². The quantitative estimate of drug-likeness (QED) is 0.908. The number of hydrogen-bond donors (Lipinski definition) is 1. The average molecular weight is 326 g/mol. The van der Waals surface area contributed by atoms with Gasteiger partial charge in [0.2, 0.25) is 0 Å².